The van der Waals surface area contributed by atoms with E-state index in [1.54, 1.807) is 12.3 Å². The zero-order valence-corrected chi connectivity index (χ0v) is 8.55. The first-order chi connectivity index (χ1) is 7.75. The van der Waals surface area contributed by atoms with Crippen molar-refractivity contribution in [3.63, 3.8) is 0 Å². The van der Waals surface area contributed by atoms with E-state index in [1.165, 1.54) is 0 Å². The van der Waals surface area contributed by atoms with Gasteiger partial charge in [-0.1, -0.05) is 0 Å². The monoisotopic (exact) mass is 217 g/mol. The van der Waals surface area contributed by atoms with E-state index in [1.807, 2.05) is 18.3 Å². The Morgan fingerprint density at radius 1 is 1.44 bits per heavy atom. The topological polar surface area (TPSA) is 78.9 Å². The largest absolute Gasteiger partial charge is 0.481 e. The maximum absolute atomic E-state index is 10.4. The molecule has 0 radical (unpaired) electrons. The molecule has 0 spiro atoms. The van der Waals surface area contributed by atoms with Crippen molar-refractivity contribution < 1.29 is 9.90 Å². The van der Waals surface area contributed by atoms with Gasteiger partial charge in [0.2, 0.25) is 0 Å². The number of nitrogens with zero attached hydrogens (tertiary/aromatic N) is 2. The molecule has 0 aliphatic carbocycles. The van der Waals surface area contributed by atoms with Gasteiger partial charge in [-0.15, -0.1) is 0 Å². The standard InChI is InChI=1S/C11H11N3O2/c15-11(16)4-3-10-13-7-5-9(14-10)8-2-1-6-12-8/h1-2,5-7,12H,3-4H2,(H,15,16). The summed E-state index contributed by atoms with van der Waals surface area (Å²) in [5, 5.41) is 8.57. The summed E-state index contributed by atoms with van der Waals surface area (Å²) in [4.78, 5) is 21.8. The van der Waals surface area contributed by atoms with Crippen LogP contribution in [-0.2, 0) is 11.2 Å². The lowest BCUT2D eigenvalue weighted by Gasteiger charge is -2.00. The molecule has 0 aliphatic rings. The molecule has 2 aromatic rings. The van der Waals surface area contributed by atoms with Gasteiger partial charge in [-0.25, -0.2) is 9.97 Å². The molecule has 0 amide bonds. The number of nitrogens with one attached hydrogen (secondary N) is 1. The van der Waals surface area contributed by atoms with Gasteiger partial charge < -0.3 is 10.1 Å². The molecule has 2 heterocycles. The number of carbonyl (C=O) groups is 1. The third-order valence-corrected chi connectivity index (χ3v) is 2.14. The fourth-order valence-corrected chi connectivity index (χ4v) is 1.38. The van der Waals surface area contributed by atoms with E-state index in [0.717, 1.165) is 11.4 Å². The van der Waals surface area contributed by atoms with Crippen LogP contribution < -0.4 is 0 Å². The van der Waals surface area contributed by atoms with Gasteiger partial charge in [-0.3, -0.25) is 4.79 Å². The SMILES string of the molecule is O=C(O)CCc1nccc(-c2ccc[nH]2)n1. The van der Waals surface area contributed by atoms with Crippen LogP contribution in [0.4, 0.5) is 0 Å². The highest BCUT2D eigenvalue weighted by Gasteiger charge is 2.04. The molecular formula is C11H11N3O2. The fraction of sp³-hybridized carbons (Fsp3) is 0.182. The second kappa shape index (κ2) is 4.57. The van der Waals surface area contributed by atoms with E-state index >= 15 is 0 Å². The third kappa shape index (κ3) is 2.44. The molecule has 0 atom stereocenters. The lowest BCUT2D eigenvalue weighted by molar-refractivity contribution is -0.137. The summed E-state index contributed by atoms with van der Waals surface area (Å²) in [6, 6.07) is 5.58. The van der Waals surface area contributed by atoms with E-state index in [4.69, 9.17) is 5.11 Å². The summed E-state index contributed by atoms with van der Waals surface area (Å²) < 4.78 is 0. The summed E-state index contributed by atoms with van der Waals surface area (Å²) in [5.41, 5.74) is 1.68. The van der Waals surface area contributed by atoms with Crippen LogP contribution in [0.15, 0.2) is 30.6 Å². The van der Waals surface area contributed by atoms with Crippen LogP contribution in [0.1, 0.15) is 12.2 Å². The molecule has 0 aromatic carbocycles. The van der Waals surface area contributed by atoms with Crippen molar-refractivity contribution in [2.75, 3.05) is 0 Å². The molecule has 2 rings (SSSR count). The molecule has 82 valence electrons. The van der Waals surface area contributed by atoms with Crippen molar-refractivity contribution in [1.29, 1.82) is 0 Å². The molecule has 0 saturated carbocycles. The van der Waals surface area contributed by atoms with E-state index in [-0.39, 0.29) is 6.42 Å². The number of aromatic amines is 1. The van der Waals surface area contributed by atoms with Gasteiger partial charge >= 0.3 is 5.97 Å². The number of carboxylic acid groups (broad SMARTS) is 1. The molecule has 0 bridgehead atoms. The zero-order valence-electron chi connectivity index (χ0n) is 8.55. The van der Waals surface area contributed by atoms with Crippen LogP contribution in [0.25, 0.3) is 11.4 Å². The van der Waals surface area contributed by atoms with E-state index in [0.29, 0.717) is 12.2 Å². The summed E-state index contributed by atoms with van der Waals surface area (Å²) in [7, 11) is 0. The number of H-pyrrole nitrogens is 1. The third-order valence-electron chi connectivity index (χ3n) is 2.14. The van der Waals surface area contributed by atoms with Gasteiger partial charge in [0.15, 0.2) is 0 Å². The maximum atomic E-state index is 10.4. The Morgan fingerprint density at radius 3 is 3.00 bits per heavy atom. The van der Waals surface area contributed by atoms with Crippen molar-refractivity contribution in [1.82, 2.24) is 15.0 Å². The molecule has 5 heteroatoms. The number of aromatic nitrogens is 3. The van der Waals surface area contributed by atoms with Crippen molar-refractivity contribution >= 4 is 5.97 Å². The highest BCUT2D eigenvalue weighted by molar-refractivity contribution is 5.66. The minimum absolute atomic E-state index is 0.0498. The average molecular weight is 217 g/mol. The Bertz CT molecular complexity index is 480. The van der Waals surface area contributed by atoms with Crippen LogP contribution in [0, 0.1) is 0 Å². The molecule has 0 fully saturated rings. The van der Waals surface area contributed by atoms with Gasteiger partial charge in [0.1, 0.15) is 5.82 Å². The molecule has 2 aromatic heterocycles. The van der Waals surface area contributed by atoms with Crippen LogP contribution in [0.5, 0.6) is 0 Å². The number of hydrogen-bond acceptors (Lipinski definition) is 3. The first-order valence-corrected chi connectivity index (χ1v) is 4.93. The first-order valence-electron chi connectivity index (χ1n) is 4.93. The van der Waals surface area contributed by atoms with Crippen molar-refractivity contribution in [3.8, 4) is 11.4 Å². The van der Waals surface area contributed by atoms with Gasteiger partial charge in [-0.05, 0) is 18.2 Å². The van der Waals surface area contributed by atoms with E-state index in [2.05, 4.69) is 15.0 Å². The first kappa shape index (κ1) is 10.4. The summed E-state index contributed by atoms with van der Waals surface area (Å²) in [5.74, 6) is -0.289. The Labute approximate surface area is 92.2 Å². The molecule has 2 N–H and O–H groups in total. The van der Waals surface area contributed by atoms with E-state index < -0.39 is 5.97 Å². The number of carboxylic acids is 1. The Hall–Kier alpha value is -2.17. The van der Waals surface area contributed by atoms with Crippen LogP contribution in [0.2, 0.25) is 0 Å². The Morgan fingerprint density at radius 2 is 2.31 bits per heavy atom. The van der Waals surface area contributed by atoms with Gasteiger partial charge in [0, 0.05) is 18.8 Å². The van der Waals surface area contributed by atoms with Crippen molar-refractivity contribution in [2.45, 2.75) is 12.8 Å². The normalized spacial score (nSPS) is 10.2. The number of hydrogen-bond donors (Lipinski definition) is 2. The maximum Gasteiger partial charge on any atom is 0.303 e. The lowest BCUT2D eigenvalue weighted by atomic mass is 10.2. The lowest BCUT2D eigenvalue weighted by Crippen LogP contribution is -2.02. The second-order valence-corrected chi connectivity index (χ2v) is 3.34. The molecule has 16 heavy (non-hydrogen) atoms. The highest BCUT2D eigenvalue weighted by atomic mass is 16.4. The molecule has 0 saturated heterocycles. The minimum atomic E-state index is -0.839. The molecular weight excluding hydrogens is 206 g/mol. The van der Waals surface area contributed by atoms with Gasteiger partial charge in [0.05, 0.1) is 17.8 Å². The molecule has 0 unspecified atom stereocenters. The Kier molecular flexibility index (Phi) is 2.95. The van der Waals surface area contributed by atoms with Gasteiger partial charge in [0.25, 0.3) is 0 Å². The number of aryl methyl sites for hydroxylation is 1. The zero-order chi connectivity index (χ0) is 11.4. The predicted octanol–water partition coefficient (Wildman–Crippen LogP) is 1.49. The molecule has 5 nitrogen and oxygen atoms in total. The molecule has 0 aliphatic heterocycles. The van der Waals surface area contributed by atoms with Gasteiger partial charge in [-0.2, -0.15) is 0 Å². The number of aliphatic carboxylic acids is 1. The average Bonchev–Trinajstić information content (AvgIpc) is 2.80. The van der Waals surface area contributed by atoms with Crippen molar-refractivity contribution in [2.24, 2.45) is 0 Å². The quantitative estimate of drug-likeness (QED) is 0.813. The summed E-state index contributed by atoms with van der Waals surface area (Å²) in [6.07, 6.45) is 3.85. The number of rotatable bonds is 4. The van der Waals surface area contributed by atoms with E-state index in [9.17, 15) is 4.79 Å². The van der Waals surface area contributed by atoms with Crippen molar-refractivity contribution in [3.05, 3.63) is 36.4 Å². The predicted molar refractivity (Wildman–Crippen MR) is 57.8 cm³/mol. The minimum Gasteiger partial charge on any atom is -0.481 e. The van der Waals surface area contributed by atoms with Crippen LogP contribution in [0.3, 0.4) is 0 Å². The Balaban J connectivity index is 2.17. The smallest absolute Gasteiger partial charge is 0.303 e. The summed E-state index contributed by atoms with van der Waals surface area (Å²) in [6.45, 7) is 0. The van der Waals surface area contributed by atoms with Crippen LogP contribution >= 0.6 is 0 Å². The highest BCUT2D eigenvalue weighted by Crippen LogP contribution is 2.13. The summed E-state index contributed by atoms with van der Waals surface area (Å²) >= 11 is 0. The van der Waals surface area contributed by atoms with Crippen LogP contribution in [-0.4, -0.2) is 26.0 Å². The fourth-order valence-electron chi connectivity index (χ4n) is 1.38. The second-order valence-electron chi connectivity index (χ2n) is 3.34.